The molecule has 6 N–H and O–H groups in total. The Morgan fingerprint density at radius 3 is 2.43 bits per heavy atom. The standard InChI is InChI=1S/C12H7NO3.C6H12O6/c14-7-1-3-9-11(5-7)16-12-6-8(15)2-4-10(12)13-9;7-1-2-3(8)4(9)5(10)6(11)12-2/h1-6,14H;2-11H,1H2/t;2-,3-,4+,5-,6-/m.1/s1. The predicted octanol–water partition coefficient (Wildman–Crippen LogP) is -1.22. The van der Waals surface area contributed by atoms with Gasteiger partial charge in [0.15, 0.2) is 23.1 Å². The van der Waals surface area contributed by atoms with E-state index in [0.29, 0.717) is 22.6 Å². The van der Waals surface area contributed by atoms with E-state index in [1.807, 2.05) is 0 Å². The number of aromatic hydroxyl groups is 1. The molecule has 1 aliphatic carbocycles. The van der Waals surface area contributed by atoms with E-state index in [2.05, 4.69) is 9.72 Å². The maximum Gasteiger partial charge on any atom is 0.184 e. The Balaban J connectivity index is 0.000000169. The number of nitrogens with zero attached hydrogens (tertiary/aromatic N) is 1. The summed E-state index contributed by atoms with van der Waals surface area (Å²) in [6.07, 6.45) is -7.04. The highest BCUT2D eigenvalue weighted by Crippen LogP contribution is 2.25. The molecule has 150 valence electrons. The predicted molar refractivity (Wildman–Crippen MR) is 94.6 cm³/mol. The van der Waals surface area contributed by atoms with Gasteiger partial charge in [0.2, 0.25) is 0 Å². The summed E-state index contributed by atoms with van der Waals surface area (Å²) in [5, 5.41) is 54.0. The number of fused-ring (bicyclic) bond motifs is 2. The quantitative estimate of drug-likeness (QED) is 0.275. The number of aromatic nitrogens is 1. The summed E-state index contributed by atoms with van der Waals surface area (Å²) >= 11 is 0. The molecule has 1 aromatic carbocycles. The van der Waals surface area contributed by atoms with Crippen LogP contribution >= 0.6 is 0 Å². The normalized spacial score (nSPS) is 27.4. The molecule has 10 heteroatoms. The number of aliphatic hydroxyl groups is 5. The third-order valence-electron chi connectivity index (χ3n) is 4.20. The fourth-order valence-corrected chi connectivity index (χ4v) is 2.68. The number of phenols is 1. The molecule has 0 bridgehead atoms. The topological polar surface area (TPSA) is 174 Å². The monoisotopic (exact) mass is 393 g/mol. The molecule has 5 atom stereocenters. The van der Waals surface area contributed by atoms with Gasteiger partial charge in [0.05, 0.1) is 6.61 Å². The zero-order chi connectivity index (χ0) is 20.4. The summed E-state index contributed by atoms with van der Waals surface area (Å²) in [4.78, 5) is 15.5. The van der Waals surface area contributed by atoms with Gasteiger partial charge in [-0.1, -0.05) is 0 Å². The van der Waals surface area contributed by atoms with Gasteiger partial charge in [-0.15, -0.1) is 0 Å². The second kappa shape index (κ2) is 8.19. The molecule has 0 aromatic heterocycles. The van der Waals surface area contributed by atoms with E-state index in [9.17, 15) is 9.90 Å². The van der Waals surface area contributed by atoms with E-state index < -0.39 is 37.3 Å². The van der Waals surface area contributed by atoms with Crippen LogP contribution in [0.5, 0.6) is 5.75 Å². The van der Waals surface area contributed by atoms with Crippen LogP contribution in [0.25, 0.3) is 22.6 Å². The van der Waals surface area contributed by atoms with Crippen molar-refractivity contribution in [3.8, 4) is 17.2 Å². The number of rotatable bonds is 1. The van der Waals surface area contributed by atoms with Crippen molar-refractivity contribution < 1.29 is 39.8 Å². The molecular weight excluding hydrogens is 374 g/mol. The second-order valence-electron chi connectivity index (χ2n) is 6.21. The average molecular weight is 393 g/mol. The molecule has 0 saturated carbocycles. The summed E-state index contributed by atoms with van der Waals surface area (Å²) in [7, 11) is 0. The summed E-state index contributed by atoms with van der Waals surface area (Å²) < 4.78 is 10.1. The Labute approximate surface area is 157 Å². The Kier molecular flexibility index (Phi) is 5.89. The van der Waals surface area contributed by atoms with E-state index in [0.717, 1.165) is 0 Å². The molecular formula is C18H19NO9. The lowest BCUT2D eigenvalue weighted by Crippen LogP contribution is -2.58. The van der Waals surface area contributed by atoms with Crippen molar-refractivity contribution in [3.63, 3.8) is 0 Å². The number of hydrogen-bond donors (Lipinski definition) is 6. The Hall–Kier alpha value is -2.60. The van der Waals surface area contributed by atoms with Crippen LogP contribution in [-0.4, -0.2) is 72.9 Å². The van der Waals surface area contributed by atoms with Crippen molar-refractivity contribution in [2.75, 3.05) is 6.61 Å². The minimum absolute atomic E-state index is 0.107. The first-order valence-corrected chi connectivity index (χ1v) is 8.32. The molecule has 0 radical (unpaired) electrons. The molecule has 0 spiro atoms. The smallest absolute Gasteiger partial charge is 0.184 e. The third-order valence-corrected chi connectivity index (χ3v) is 4.20. The highest BCUT2D eigenvalue weighted by atomic mass is 16.6. The number of benzene rings is 2. The number of hydrogen-bond acceptors (Lipinski definition) is 10. The molecule has 1 fully saturated rings. The van der Waals surface area contributed by atoms with Gasteiger partial charge in [-0.3, -0.25) is 4.79 Å². The minimum Gasteiger partial charge on any atom is -0.508 e. The van der Waals surface area contributed by atoms with Crippen LogP contribution in [0.4, 0.5) is 0 Å². The lowest BCUT2D eigenvalue weighted by Gasteiger charge is -2.37. The van der Waals surface area contributed by atoms with Crippen molar-refractivity contribution in [1.29, 1.82) is 0 Å². The lowest BCUT2D eigenvalue weighted by atomic mass is 10.00. The molecule has 0 unspecified atom stereocenters. The average Bonchev–Trinajstić information content (AvgIpc) is 2.68. The van der Waals surface area contributed by atoms with Gasteiger partial charge in [-0.2, -0.15) is 0 Å². The van der Waals surface area contributed by atoms with E-state index in [4.69, 9.17) is 29.9 Å². The van der Waals surface area contributed by atoms with Gasteiger partial charge in [0.25, 0.3) is 0 Å². The largest absolute Gasteiger partial charge is 0.508 e. The molecule has 1 saturated heterocycles. The van der Waals surface area contributed by atoms with Crippen molar-refractivity contribution >= 4 is 11.1 Å². The zero-order valence-electron chi connectivity index (χ0n) is 14.4. The van der Waals surface area contributed by atoms with Crippen molar-refractivity contribution in [2.24, 2.45) is 0 Å². The van der Waals surface area contributed by atoms with E-state index in [1.165, 1.54) is 18.2 Å². The number of aliphatic hydroxyl groups excluding tert-OH is 5. The SMILES string of the molecule is O=c1ccc2nc3ccc(O)cc3oc-2c1.OC[C@H]1O[C@@H](O)[C@H](O)[C@@H](O)[C@@H]1O. The first-order valence-electron chi connectivity index (χ1n) is 8.32. The summed E-state index contributed by atoms with van der Waals surface area (Å²) in [6, 6.07) is 9.12. The summed E-state index contributed by atoms with van der Waals surface area (Å²) in [5.41, 5.74) is 1.59. The van der Waals surface area contributed by atoms with Gasteiger partial charge in [-0.05, 0) is 24.3 Å². The van der Waals surface area contributed by atoms with E-state index >= 15 is 0 Å². The third kappa shape index (κ3) is 4.12. The maximum atomic E-state index is 11.1. The first-order chi connectivity index (χ1) is 13.3. The molecule has 1 aromatic rings. The van der Waals surface area contributed by atoms with E-state index in [-0.39, 0.29) is 11.2 Å². The van der Waals surface area contributed by atoms with Crippen LogP contribution in [0.3, 0.4) is 0 Å². The molecule has 0 amide bonds. The Morgan fingerprint density at radius 2 is 1.71 bits per heavy atom. The zero-order valence-corrected chi connectivity index (χ0v) is 14.4. The maximum absolute atomic E-state index is 11.1. The van der Waals surface area contributed by atoms with Crippen molar-refractivity contribution in [1.82, 2.24) is 4.98 Å². The highest BCUT2D eigenvalue weighted by Gasteiger charge is 2.42. The van der Waals surface area contributed by atoms with Crippen LogP contribution < -0.4 is 5.43 Å². The van der Waals surface area contributed by atoms with Gasteiger partial charge in [0.1, 0.15) is 41.4 Å². The van der Waals surface area contributed by atoms with Crippen LogP contribution in [0.1, 0.15) is 0 Å². The van der Waals surface area contributed by atoms with Gasteiger partial charge < -0.3 is 39.8 Å². The molecule has 4 rings (SSSR count). The number of ether oxygens (including phenoxy) is 1. The number of phenolic OH excluding ortho intramolecular Hbond substituents is 1. The van der Waals surface area contributed by atoms with E-state index in [1.54, 1.807) is 18.2 Å². The lowest BCUT2D eigenvalue weighted by molar-refractivity contribution is -0.286. The van der Waals surface area contributed by atoms with Crippen molar-refractivity contribution in [2.45, 2.75) is 30.7 Å². The van der Waals surface area contributed by atoms with Crippen LogP contribution in [0.2, 0.25) is 0 Å². The van der Waals surface area contributed by atoms with Crippen molar-refractivity contribution in [3.05, 3.63) is 46.6 Å². The molecule has 10 nitrogen and oxygen atoms in total. The van der Waals surface area contributed by atoms with Gasteiger partial charge in [0, 0.05) is 12.1 Å². The minimum atomic E-state index is -1.57. The Bertz CT molecular complexity index is 970. The summed E-state index contributed by atoms with van der Waals surface area (Å²) in [6.45, 7) is -0.526. The summed E-state index contributed by atoms with van der Waals surface area (Å²) in [5.74, 6) is 0.529. The van der Waals surface area contributed by atoms with Gasteiger partial charge >= 0.3 is 0 Å². The first kappa shape index (κ1) is 20.1. The molecule has 3 aliphatic rings. The Morgan fingerprint density at radius 1 is 0.964 bits per heavy atom. The van der Waals surface area contributed by atoms with Crippen LogP contribution in [-0.2, 0) is 4.74 Å². The van der Waals surface area contributed by atoms with Crippen LogP contribution in [0, 0.1) is 0 Å². The van der Waals surface area contributed by atoms with Gasteiger partial charge in [-0.25, -0.2) is 4.98 Å². The fourth-order valence-electron chi connectivity index (χ4n) is 2.68. The molecule has 28 heavy (non-hydrogen) atoms. The molecule has 2 aliphatic heterocycles. The van der Waals surface area contributed by atoms with Crippen LogP contribution in [0.15, 0.2) is 45.6 Å². The molecule has 2 heterocycles. The second-order valence-corrected chi connectivity index (χ2v) is 6.21. The highest BCUT2D eigenvalue weighted by molar-refractivity contribution is 5.77. The fraction of sp³-hybridized carbons (Fsp3) is 0.333.